The van der Waals surface area contributed by atoms with Gasteiger partial charge in [-0.3, -0.25) is 14.6 Å². The smallest absolute Gasteiger partial charge is 0.271 e. The molecule has 2 aliphatic rings. The van der Waals surface area contributed by atoms with Crippen LogP contribution in [0, 0.1) is 5.92 Å². The van der Waals surface area contributed by atoms with Gasteiger partial charge in [-0.25, -0.2) is 4.98 Å². The van der Waals surface area contributed by atoms with Crippen LogP contribution >= 0.6 is 0 Å². The molecule has 3 rings (SSSR count). The third-order valence-corrected chi connectivity index (χ3v) is 5.40. The fraction of sp³-hybridized carbons (Fsp3) is 0.684. The second kappa shape index (κ2) is 9.75. The largest absolute Gasteiger partial charge is 0.394 e. The van der Waals surface area contributed by atoms with Gasteiger partial charge in [0.25, 0.3) is 5.91 Å². The highest BCUT2D eigenvalue weighted by atomic mass is 16.5. The van der Waals surface area contributed by atoms with E-state index in [1.54, 1.807) is 0 Å². The maximum Gasteiger partial charge on any atom is 0.271 e. The Kier molecular flexibility index (Phi) is 7.11. The maximum absolute atomic E-state index is 12.3. The Morgan fingerprint density at radius 3 is 2.70 bits per heavy atom. The van der Waals surface area contributed by atoms with Crippen molar-refractivity contribution in [1.82, 2.24) is 20.6 Å². The average molecular weight is 376 g/mol. The lowest BCUT2D eigenvalue weighted by Gasteiger charge is -2.36. The molecule has 0 radical (unpaired) electrons. The maximum atomic E-state index is 12.3. The number of ether oxygens (including phenoxy) is 1. The Morgan fingerprint density at radius 1 is 1.19 bits per heavy atom. The molecule has 1 aliphatic heterocycles. The molecule has 2 heterocycles. The molecule has 1 aromatic rings. The van der Waals surface area contributed by atoms with Gasteiger partial charge in [0, 0.05) is 24.9 Å². The number of carbonyl (C=O) groups excluding carboxylic acids is 2. The summed E-state index contributed by atoms with van der Waals surface area (Å²) < 4.78 is 5.96. The summed E-state index contributed by atoms with van der Waals surface area (Å²) >= 11 is 0. The molecule has 1 aromatic heterocycles. The molecular weight excluding hydrogens is 348 g/mol. The van der Waals surface area contributed by atoms with Crippen molar-refractivity contribution in [3.05, 3.63) is 24.3 Å². The highest BCUT2D eigenvalue weighted by Gasteiger charge is 2.33. The standard InChI is InChI=1S/C19H28N4O4/c24-12-17-15(23-18(25)13-3-1-2-4-13)6-5-14(27-17)7-8-22-19(26)16-11-20-9-10-21-16/h9-11,13-15,17,24H,1-8,12H2,(H,22,26)(H,23,25)/t14-,15+,17+/m0/s1. The van der Waals surface area contributed by atoms with Gasteiger partial charge in [-0.15, -0.1) is 0 Å². The molecule has 0 unspecified atom stereocenters. The van der Waals surface area contributed by atoms with Crippen LogP contribution in [-0.4, -0.2) is 58.3 Å². The summed E-state index contributed by atoms with van der Waals surface area (Å²) in [5, 5.41) is 15.5. The minimum Gasteiger partial charge on any atom is -0.394 e. The first-order chi connectivity index (χ1) is 13.2. The van der Waals surface area contributed by atoms with Crippen LogP contribution in [0.3, 0.4) is 0 Å². The highest BCUT2D eigenvalue weighted by Crippen LogP contribution is 2.26. The van der Waals surface area contributed by atoms with E-state index in [0.29, 0.717) is 13.0 Å². The van der Waals surface area contributed by atoms with E-state index >= 15 is 0 Å². The lowest BCUT2D eigenvalue weighted by molar-refractivity contribution is -0.131. The molecule has 8 nitrogen and oxygen atoms in total. The minimum atomic E-state index is -0.398. The van der Waals surface area contributed by atoms with Crippen LogP contribution in [0.2, 0.25) is 0 Å². The van der Waals surface area contributed by atoms with Crippen molar-refractivity contribution >= 4 is 11.8 Å². The third kappa shape index (κ3) is 5.46. The van der Waals surface area contributed by atoms with Crippen LogP contribution in [0.25, 0.3) is 0 Å². The quantitative estimate of drug-likeness (QED) is 0.649. The van der Waals surface area contributed by atoms with Gasteiger partial charge in [-0.1, -0.05) is 12.8 Å². The summed E-state index contributed by atoms with van der Waals surface area (Å²) in [7, 11) is 0. The Hall–Kier alpha value is -2.06. The van der Waals surface area contributed by atoms with Gasteiger partial charge in [0.05, 0.1) is 24.9 Å². The molecule has 3 atom stereocenters. The lowest BCUT2D eigenvalue weighted by atomic mass is 9.96. The van der Waals surface area contributed by atoms with Crippen molar-refractivity contribution in [2.75, 3.05) is 13.2 Å². The number of aliphatic hydroxyl groups is 1. The number of hydrogen-bond acceptors (Lipinski definition) is 6. The monoisotopic (exact) mass is 376 g/mol. The molecule has 148 valence electrons. The van der Waals surface area contributed by atoms with E-state index in [0.717, 1.165) is 38.5 Å². The van der Waals surface area contributed by atoms with Crippen LogP contribution in [0.1, 0.15) is 55.4 Å². The molecule has 0 aromatic carbocycles. The first kappa shape index (κ1) is 19.7. The zero-order valence-electron chi connectivity index (χ0n) is 15.5. The average Bonchev–Trinajstić information content (AvgIpc) is 3.24. The number of nitrogens with zero attached hydrogens (tertiary/aromatic N) is 2. The molecule has 2 fully saturated rings. The van der Waals surface area contributed by atoms with Crippen molar-refractivity contribution in [2.24, 2.45) is 5.92 Å². The summed E-state index contributed by atoms with van der Waals surface area (Å²) in [6, 6.07) is -0.145. The summed E-state index contributed by atoms with van der Waals surface area (Å²) in [5.41, 5.74) is 0.282. The topological polar surface area (TPSA) is 113 Å². The summed E-state index contributed by atoms with van der Waals surface area (Å²) in [5.74, 6) is -0.0630. The first-order valence-electron chi connectivity index (χ1n) is 9.78. The lowest BCUT2D eigenvalue weighted by Crippen LogP contribution is -2.52. The van der Waals surface area contributed by atoms with Crippen molar-refractivity contribution in [2.45, 2.75) is 63.2 Å². The SMILES string of the molecule is O=C(NCC[C@@H]1CC[C@@H](NC(=O)C2CCCC2)[C@@H](CO)O1)c1cnccn1. The Bertz CT molecular complexity index is 621. The number of rotatable bonds is 7. The van der Waals surface area contributed by atoms with Gasteiger partial charge in [0.15, 0.2) is 0 Å². The van der Waals surface area contributed by atoms with E-state index in [2.05, 4.69) is 20.6 Å². The molecule has 3 N–H and O–H groups in total. The molecule has 2 amide bonds. The number of amides is 2. The van der Waals surface area contributed by atoms with Gasteiger partial charge >= 0.3 is 0 Å². The van der Waals surface area contributed by atoms with Gasteiger partial charge in [0.1, 0.15) is 11.8 Å². The Morgan fingerprint density at radius 2 is 2.00 bits per heavy atom. The Labute approximate surface area is 159 Å². The number of carbonyl (C=O) groups is 2. The molecule has 1 aliphatic carbocycles. The van der Waals surface area contributed by atoms with Gasteiger partial charge in [-0.05, 0) is 32.1 Å². The fourth-order valence-electron chi connectivity index (χ4n) is 3.85. The van der Waals surface area contributed by atoms with Gasteiger partial charge in [-0.2, -0.15) is 0 Å². The fourth-order valence-corrected chi connectivity index (χ4v) is 3.85. The second-order valence-corrected chi connectivity index (χ2v) is 7.29. The van der Waals surface area contributed by atoms with E-state index in [-0.39, 0.29) is 42.2 Å². The molecule has 8 heteroatoms. The van der Waals surface area contributed by atoms with Crippen LogP contribution in [-0.2, 0) is 9.53 Å². The first-order valence-corrected chi connectivity index (χ1v) is 9.78. The molecule has 0 bridgehead atoms. The van der Waals surface area contributed by atoms with Crippen LogP contribution < -0.4 is 10.6 Å². The summed E-state index contributed by atoms with van der Waals surface area (Å²) in [6.07, 6.45) is 10.3. The molecular formula is C19H28N4O4. The normalized spacial score (nSPS) is 25.9. The minimum absolute atomic E-state index is 0.0519. The number of aliphatic hydroxyl groups excluding tert-OH is 1. The second-order valence-electron chi connectivity index (χ2n) is 7.29. The van der Waals surface area contributed by atoms with Crippen molar-refractivity contribution in [1.29, 1.82) is 0 Å². The number of hydrogen-bond donors (Lipinski definition) is 3. The zero-order chi connectivity index (χ0) is 19.1. The van der Waals surface area contributed by atoms with E-state index < -0.39 is 6.10 Å². The van der Waals surface area contributed by atoms with Crippen molar-refractivity contribution in [3.8, 4) is 0 Å². The predicted octanol–water partition coefficient (Wildman–Crippen LogP) is 0.811. The third-order valence-electron chi connectivity index (χ3n) is 5.40. The van der Waals surface area contributed by atoms with Gasteiger partial charge < -0.3 is 20.5 Å². The van der Waals surface area contributed by atoms with Crippen LogP contribution in [0.4, 0.5) is 0 Å². The van der Waals surface area contributed by atoms with Crippen LogP contribution in [0.5, 0.6) is 0 Å². The number of aromatic nitrogens is 2. The van der Waals surface area contributed by atoms with Crippen molar-refractivity contribution in [3.63, 3.8) is 0 Å². The van der Waals surface area contributed by atoms with Crippen molar-refractivity contribution < 1.29 is 19.4 Å². The van der Waals surface area contributed by atoms with Gasteiger partial charge in [0.2, 0.25) is 5.91 Å². The van der Waals surface area contributed by atoms with E-state index in [9.17, 15) is 14.7 Å². The zero-order valence-corrected chi connectivity index (χ0v) is 15.5. The molecule has 1 saturated carbocycles. The highest BCUT2D eigenvalue weighted by molar-refractivity contribution is 5.91. The predicted molar refractivity (Wildman–Crippen MR) is 97.9 cm³/mol. The van der Waals surface area contributed by atoms with Crippen LogP contribution in [0.15, 0.2) is 18.6 Å². The summed E-state index contributed by atoms with van der Waals surface area (Å²) in [4.78, 5) is 32.1. The number of nitrogens with one attached hydrogen (secondary N) is 2. The Balaban J connectivity index is 1.41. The molecule has 0 spiro atoms. The molecule has 27 heavy (non-hydrogen) atoms. The van der Waals surface area contributed by atoms with E-state index in [1.807, 2.05) is 0 Å². The van der Waals surface area contributed by atoms with E-state index in [4.69, 9.17) is 4.74 Å². The van der Waals surface area contributed by atoms with E-state index in [1.165, 1.54) is 18.6 Å². The molecule has 1 saturated heterocycles. The summed E-state index contributed by atoms with van der Waals surface area (Å²) in [6.45, 7) is 0.329.